The van der Waals surface area contributed by atoms with Crippen LogP contribution in [-0.4, -0.2) is 18.1 Å². The van der Waals surface area contributed by atoms with Crippen molar-refractivity contribution in [2.24, 2.45) is 0 Å². The van der Waals surface area contributed by atoms with Crippen LogP contribution in [-0.2, 0) is 13.1 Å². The Hall–Kier alpha value is -2.46. The molecule has 0 bridgehead atoms. The number of halogens is 2. The van der Waals surface area contributed by atoms with E-state index in [-0.39, 0.29) is 0 Å². The number of hydrogen-bond donors (Lipinski definition) is 0. The minimum Gasteiger partial charge on any atom is -0.455 e. The molecule has 0 aliphatic carbocycles. The molecule has 0 radical (unpaired) electrons. The number of benzene rings is 2. The summed E-state index contributed by atoms with van der Waals surface area (Å²) in [6.45, 7) is 4.86. The molecule has 32 heavy (non-hydrogen) atoms. The molecular formula is C27H28Cl2NO2+. The first-order valence-electron chi connectivity index (χ1n) is 11.0. The van der Waals surface area contributed by atoms with Crippen molar-refractivity contribution in [1.82, 2.24) is 0 Å². The van der Waals surface area contributed by atoms with E-state index in [9.17, 15) is 0 Å². The molecular weight excluding hydrogens is 441 g/mol. The molecule has 0 amide bonds. The van der Waals surface area contributed by atoms with Crippen molar-refractivity contribution in [3.05, 3.63) is 94.4 Å². The van der Waals surface area contributed by atoms with Gasteiger partial charge in [-0.25, -0.2) is 0 Å². The van der Waals surface area contributed by atoms with Gasteiger partial charge in [0.05, 0.1) is 13.6 Å². The average molecular weight is 469 g/mol. The standard InChI is InChI=1S/C27H28Cl2NO2/c1-3-4-17-30(2,18-24-13-15-26(31-24)20-5-9-22(28)10-6-20)19-25-14-16-27(32-25)21-7-11-23(29)12-8-21/h5-16H,3-4,17-19H2,1-2H3/q+1. The van der Waals surface area contributed by atoms with Crippen molar-refractivity contribution in [1.29, 1.82) is 0 Å². The molecule has 2 heterocycles. The molecule has 2 aromatic carbocycles. The molecule has 0 spiro atoms. The maximum atomic E-state index is 6.21. The van der Waals surface area contributed by atoms with Gasteiger partial charge in [0.25, 0.3) is 0 Å². The molecule has 0 saturated heterocycles. The topological polar surface area (TPSA) is 26.3 Å². The lowest BCUT2D eigenvalue weighted by molar-refractivity contribution is -0.937. The maximum Gasteiger partial charge on any atom is 0.159 e. The average Bonchev–Trinajstić information content (AvgIpc) is 3.43. The van der Waals surface area contributed by atoms with Crippen molar-refractivity contribution in [2.45, 2.75) is 32.9 Å². The van der Waals surface area contributed by atoms with Crippen LogP contribution in [0, 0.1) is 0 Å². The Morgan fingerprint density at radius 3 is 1.50 bits per heavy atom. The lowest BCUT2D eigenvalue weighted by Crippen LogP contribution is -2.43. The van der Waals surface area contributed by atoms with Crippen molar-refractivity contribution in [3.8, 4) is 22.6 Å². The van der Waals surface area contributed by atoms with E-state index in [0.29, 0.717) is 0 Å². The van der Waals surface area contributed by atoms with E-state index in [1.165, 1.54) is 0 Å². The van der Waals surface area contributed by atoms with E-state index in [1.807, 2.05) is 60.7 Å². The van der Waals surface area contributed by atoms with E-state index in [4.69, 9.17) is 32.0 Å². The summed E-state index contributed by atoms with van der Waals surface area (Å²) in [5.41, 5.74) is 2.06. The van der Waals surface area contributed by atoms with Crippen molar-refractivity contribution in [2.75, 3.05) is 13.6 Å². The Morgan fingerprint density at radius 2 is 1.09 bits per heavy atom. The van der Waals surface area contributed by atoms with E-state index in [2.05, 4.69) is 26.1 Å². The minimum atomic E-state index is 0.723. The van der Waals surface area contributed by atoms with Crippen molar-refractivity contribution < 1.29 is 13.3 Å². The maximum absolute atomic E-state index is 6.21. The molecule has 0 aliphatic heterocycles. The number of furan rings is 2. The molecule has 3 nitrogen and oxygen atoms in total. The molecule has 5 heteroatoms. The van der Waals surface area contributed by atoms with Crippen LogP contribution >= 0.6 is 23.2 Å². The summed E-state index contributed by atoms with van der Waals surface area (Å²) in [7, 11) is 2.27. The molecule has 0 unspecified atom stereocenters. The van der Waals surface area contributed by atoms with E-state index < -0.39 is 0 Å². The van der Waals surface area contributed by atoms with Gasteiger partial charge in [0.1, 0.15) is 24.6 Å². The fraction of sp³-hybridized carbons (Fsp3) is 0.259. The number of rotatable bonds is 9. The van der Waals surface area contributed by atoms with Gasteiger partial charge in [-0.2, -0.15) is 0 Å². The van der Waals surface area contributed by atoms with Crippen LogP contribution in [0.5, 0.6) is 0 Å². The predicted molar refractivity (Wildman–Crippen MR) is 132 cm³/mol. The minimum absolute atomic E-state index is 0.723. The Labute approximate surface area is 199 Å². The first-order chi connectivity index (χ1) is 15.4. The zero-order valence-electron chi connectivity index (χ0n) is 18.5. The van der Waals surface area contributed by atoms with Crippen LogP contribution in [0.15, 0.2) is 81.6 Å². The summed E-state index contributed by atoms with van der Waals surface area (Å²) in [6, 6.07) is 23.7. The van der Waals surface area contributed by atoms with Crippen molar-refractivity contribution in [3.63, 3.8) is 0 Å². The van der Waals surface area contributed by atoms with Crippen molar-refractivity contribution >= 4 is 23.2 Å². The van der Waals surface area contributed by atoms with Gasteiger partial charge in [-0.05, 0) is 79.2 Å². The van der Waals surface area contributed by atoms with Crippen LogP contribution in [0.4, 0.5) is 0 Å². The molecule has 166 valence electrons. The van der Waals surface area contributed by atoms with Gasteiger partial charge >= 0.3 is 0 Å². The zero-order valence-corrected chi connectivity index (χ0v) is 20.0. The van der Waals surface area contributed by atoms with Crippen LogP contribution in [0.3, 0.4) is 0 Å². The highest BCUT2D eigenvalue weighted by atomic mass is 35.5. The lowest BCUT2D eigenvalue weighted by Gasteiger charge is -2.33. The van der Waals surface area contributed by atoms with Gasteiger partial charge in [-0.1, -0.05) is 36.5 Å². The van der Waals surface area contributed by atoms with Crippen LogP contribution in [0.2, 0.25) is 10.0 Å². The van der Waals surface area contributed by atoms with E-state index >= 15 is 0 Å². The van der Waals surface area contributed by atoms with Gasteiger partial charge in [-0.3, -0.25) is 0 Å². The Kier molecular flexibility index (Phi) is 7.10. The lowest BCUT2D eigenvalue weighted by atomic mass is 10.2. The normalized spacial score (nSPS) is 11.8. The molecule has 0 saturated carbocycles. The third-order valence-electron chi connectivity index (χ3n) is 5.71. The van der Waals surface area contributed by atoms with Gasteiger partial charge in [0.15, 0.2) is 11.5 Å². The Bertz CT molecular complexity index is 1060. The highest BCUT2D eigenvalue weighted by molar-refractivity contribution is 6.30. The van der Waals surface area contributed by atoms with Gasteiger partial charge < -0.3 is 13.3 Å². The molecule has 0 N–H and O–H groups in total. The smallest absolute Gasteiger partial charge is 0.159 e. The Morgan fingerprint density at radius 1 is 0.656 bits per heavy atom. The number of quaternary nitrogens is 1. The number of hydrogen-bond acceptors (Lipinski definition) is 2. The predicted octanol–water partition coefficient (Wildman–Crippen LogP) is 8.46. The monoisotopic (exact) mass is 468 g/mol. The summed E-state index contributed by atoms with van der Waals surface area (Å²) in [4.78, 5) is 0. The second-order valence-corrected chi connectivity index (χ2v) is 9.43. The molecule has 2 aromatic heterocycles. The van der Waals surface area contributed by atoms with Gasteiger partial charge in [0.2, 0.25) is 0 Å². The zero-order chi connectivity index (χ0) is 22.6. The fourth-order valence-corrected chi connectivity index (χ4v) is 4.22. The van der Waals surface area contributed by atoms with Crippen LogP contribution in [0.25, 0.3) is 22.6 Å². The highest BCUT2D eigenvalue weighted by Crippen LogP contribution is 2.29. The molecule has 0 aliphatic rings. The summed E-state index contributed by atoms with van der Waals surface area (Å²) in [5, 5.41) is 1.45. The first-order valence-corrected chi connectivity index (χ1v) is 11.7. The summed E-state index contributed by atoms with van der Waals surface area (Å²) in [6.07, 6.45) is 2.29. The molecule has 0 fully saturated rings. The summed E-state index contributed by atoms with van der Waals surface area (Å²) in [5.74, 6) is 3.67. The SMILES string of the molecule is CCCC[N+](C)(Cc1ccc(-c2ccc(Cl)cc2)o1)Cc1ccc(-c2ccc(Cl)cc2)o1. The Balaban J connectivity index is 1.51. The number of nitrogens with zero attached hydrogens (tertiary/aromatic N) is 1. The van der Waals surface area contributed by atoms with Crippen LogP contribution < -0.4 is 0 Å². The van der Waals surface area contributed by atoms with E-state index in [0.717, 1.165) is 81.2 Å². The molecule has 4 rings (SSSR count). The second kappa shape index (κ2) is 9.99. The van der Waals surface area contributed by atoms with E-state index in [1.54, 1.807) is 0 Å². The van der Waals surface area contributed by atoms with Crippen LogP contribution in [0.1, 0.15) is 31.3 Å². The third-order valence-corrected chi connectivity index (χ3v) is 6.21. The molecule has 0 atom stereocenters. The van der Waals surface area contributed by atoms with Gasteiger partial charge in [0, 0.05) is 21.2 Å². The summed E-state index contributed by atoms with van der Waals surface area (Å²) < 4.78 is 13.2. The fourth-order valence-electron chi connectivity index (χ4n) is 3.97. The first kappa shape index (κ1) is 22.7. The summed E-state index contributed by atoms with van der Waals surface area (Å²) >= 11 is 12.0. The quantitative estimate of drug-likeness (QED) is 0.230. The molecule has 4 aromatic rings. The third kappa shape index (κ3) is 5.66. The number of unbranched alkanes of at least 4 members (excludes halogenated alkanes) is 1. The largest absolute Gasteiger partial charge is 0.455 e. The van der Waals surface area contributed by atoms with Gasteiger partial charge in [-0.15, -0.1) is 0 Å². The highest BCUT2D eigenvalue weighted by Gasteiger charge is 2.26. The second-order valence-electron chi connectivity index (χ2n) is 8.56.